The van der Waals surface area contributed by atoms with Gasteiger partial charge in [-0.2, -0.15) is 0 Å². The Morgan fingerprint density at radius 1 is 0.165 bits per heavy atom. The van der Waals surface area contributed by atoms with Crippen LogP contribution in [0.3, 0.4) is 0 Å². The molecule has 3 heterocycles. The minimum Gasteiger partial charge on any atom is -0.456 e. The molecule has 20 aromatic rings. The summed E-state index contributed by atoms with van der Waals surface area (Å²) in [5, 5.41) is 6.60. The molecule has 17 aromatic carbocycles. The predicted molar refractivity (Wildman–Crippen MR) is 450 cm³/mol. The van der Waals surface area contributed by atoms with Crippen LogP contribution in [0.1, 0.15) is 44.5 Å². The van der Waals surface area contributed by atoms with Crippen LogP contribution in [0.4, 0.5) is 34.1 Å². The van der Waals surface area contributed by atoms with Crippen molar-refractivity contribution in [3.8, 4) is 44.5 Å². The Balaban J connectivity index is 0.000000140. The van der Waals surface area contributed by atoms with Gasteiger partial charge in [0, 0.05) is 72.5 Å². The number of benzene rings is 17. The molecule has 3 aromatic heterocycles. The molecule has 5 heteroatoms. The molecule has 22 rings (SSSR count). The first-order valence-electron chi connectivity index (χ1n) is 37.3. The Bertz CT molecular complexity index is 6710. The summed E-state index contributed by atoms with van der Waals surface area (Å²) in [6.45, 7) is 0. The van der Waals surface area contributed by atoms with Gasteiger partial charge >= 0.3 is 0 Å². The number of para-hydroxylation sites is 3. The SMILES string of the molecule is c1ccc(-c2ccc(N(c3ccc4c(c3)oc3ccc(C5(c6ccccc6)c6ccccc6-c6ccccc65)cc34)c3ccc4oc5ccccc5c4c3)cc2)cc1.c1ccc(N(c2ccccc2)c2ccc(-c3ccc4oc5cc(C6(c7ccccc7)c7ccccc7-c7ccccc76)ccc5c4c3)cc2)cc1. The molecule has 0 bridgehead atoms. The zero-order chi connectivity index (χ0) is 72.0. The average Bonchev–Trinajstić information content (AvgIpc) is 1.55. The summed E-state index contributed by atoms with van der Waals surface area (Å²) in [6.07, 6.45) is 0. The van der Waals surface area contributed by atoms with Crippen LogP contribution in [0.2, 0.25) is 0 Å². The number of hydrogen-bond donors (Lipinski definition) is 0. The van der Waals surface area contributed by atoms with Crippen molar-refractivity contribution in [3.63, 3.8) is 0 Å². The monoisotopic (exact) mass is 1390 g/mol. The number of fused-ring (bicyclic) bond motifs is 15. The quantitative estimate of drug-likeness (QED) is 0.122. The number of nitrogens with zero attached hydrogens (tertiary/aromatic N) is 2. The highest BCUT2D eigenvalue weighted by molar-refractivity contribution is 6.10. The zero-order valence-corrected chi connectivity index (χ0v) is 59.4. The first kappa shape index (κ1) is 63.2. The predicted octanol–water partition coefficient (Wildman–Crippen LogP) is 28.1. The van der Waals surface area contributed by atoms with Crippen molar-refractivity contribution in [2.45, 2.75) is 10.8 Å². The van der Waals surface area contributed by atoms with E-state index < -0.39 is 10.8 Å². The molecule has 0 unspecified atom stereocenters. The smallest absolute Gasteiger partial charge is 0.137 e. The summed E-state index contributed by atoms with van der Waals surface area (Å²) in [7, 11) is 0. The molecule has 109 heavy (non-hydrogen) atoms. The molecule has 0 radical (unpaired) electrons. The van der Waals surface area contributed by atoms with Crippen molar-refractivity contribution in [2.24, 2.45) is 0 Å². The van der Waals surface area contributed by atoms with Gasteiger partial charge < -0.3 is 23.1 Å². The average molecular weight is 1390 g/mol. The molecule has 0 aliphatic heterocycles. The van der Waals surface area contributed by atoms with Crippen LogP contribution in [-0.4, -0.2) is 0 Å². The Labute approximate surface area is 631 Å². The van der Waals surface area contributed by atoms with Gasteiger partial charge in [-0.25, -0.2) is 0 Å². The lowest BCUT2D eigenvalue weighted by Crippen LogP contribution is -2.28. The van der Waals surface area contributed by atoms with Crippen molar-refractivity contribution < 1.29 is 13.3 Å². The number of hydrogen-bond acceptors (Lipinski definition) is 5. The van der Waals surface area contributed by atoms with E-state index in [1.807, 2.05) is 12.1 Å². The minimum atomic E-state index is -0.481. The molecule has 0 spiro atoms. The highest BCUT2D eigenvalue weighted by atomic mass is 16.3. The molecule has 0 N–H and O–H groups in total. The lowest BCUT2D eigenvalue weighted by molar-refractivity contribution is 0.665. The fourth-order valence-electron chi connectivity index (χ4n) is 17.9. The van der Waals surface area contributed by atoms with Crippen LogP contribution in [0.5, 0.6) is 0 Å². The van der Waals surface area contributed by atoms with E-state index in [9.17, 15) is 0 Å². The normalized spacial score (nSPS) is 12.9. The lowest BCUT2D eigenvalue weighted by Gasteiger charge is -2.33. The van der Waals surface area contributed by atoms with E-state index in [4.69, 9.17) is 13.3 Å². The second kappa shape index (κ2) is 25.8. The molecule has 0 atom stereocenters. The van der Waals surface area contributed by atoms with Gasteiger partial charge in [0.05, 0.1) is 10.8 Å². The van der Waals surface area contributed by atoms with Gasteiger partial charge in [-0.1, -0.05) is 291 Å². The molecule has 512 valence electrons. The second-order valence-electron chi connectivity index (χ2n) is 28.5. The molecule has 2 aliphatic carbocycles. The van der Waals surface area contributed by atoms with Crippen molar-refractivity contribution in [3.05, 3.63) is 457 Å². The van der Waals surface area contributed by atoms with Crippen LogP contribution in [0.15, 0.2) is 426 Å². The summed E-state index contributed by atoms with van der Waals surface area (Å²) in [6, 6.07) is 148. The highest BCUT2D eigenvalue weighted by Crippen LogP contribution is 2.59. The molecule has 0 saturated carbocycles. The maximum absolute atomic E-state index is 6.76. The first-order valence-corrected chi connectivity index (χ1v) is 37.3. The Hall–Kier alpha value is -14.3. The minimum absolute atomic E-state index is 0.456. The summed E-state index contributed by atoms with van der Waals surface area (Å²) in [5.41, 5.74) is 30.7. The lowest BCUT2D eigenvalue weighted by atomic mass is 9.67. The van der Waals surface area contributed by atoms with Gasteiger partial charge in [-0.05, 0) is 204 Å². The van der Waals surface area contributed by atoms with Crippen molar-refractivity contribution in [1.82, 2.24) is 0 Å². The maximum Gasteiger partial charge on any atom is 0.137 e. The van der Waals surface area contributed by atoms with Gasteiger partial charge in [-0.15, -0.1) is 0 Å². The van der Waals surface area contributed by atoms with E-state index in [2.05, 4.69) is 410 Å². The van der Waals surface area contributed by atoms with E-state index >= 15 is 0 Å². The third-order valence-electron chi connectivity index (χ3n) is 22.7. The molecule has 2 aliphatic rings. The van der Waals surface area contributed by atoms with Gasteiger partial charge in [0.25, 0.3) is 0 Å². The summed E-state index contributed by atoms with van der Waals surface area (Å²) in [4.78, 5) is 4.60. The summed E-state index contributed by atoms with van der Waals surface area (Å²) >= 11 is 0. The van der Waals surface area contributed by atoms with E-state index in [0.29, 0.717) is 0 Å². The maximum atomic E-state index is 6.76. The number of rotatable bonds is 12. The van der Waals surface area contributed by atoms with Crippen LogP contribution < -0.4 is 9.80 Å². The Morgan fingerprint density at radius 3 is 1.02 bits per heavy atom. The molecule has 0 saturated heterocycles. The van der Waals surface area contributed by atoms with Gasteiger partial charge in [-0.3, -0.25) is 0 Å². The fraction of sp³-hybridized carbons (Fsp3) is 0.0192. The highest BCUT2D eigenvalue weighted by Gasteiger charge is 2.48. The van der Waals surface area contributed by atoms with Crippen LogP contribution >= 0.6 is 0 Å². The van der Waals surface area contributed by atoms with E-state index in [-0.39, 0.29) is 0 Å². The number of anilines is 6. The van der Waals surface area contributed by atoms with E-state index in [1.54, 1.807) is 0 Å². The van der Waals surface area contributed by atoms with Crippen LogP contribution in [0, 0.1) is 0 Å². The fourth-order valence-corrected chi connectivity index (χ4v) is 17.9. The second-order valence-corrected chi connectivity index (χ2v) is 28.5. The Morgan fingerprint density at radius 2 is 0.477 bits per heavy atom. The first-order chi connectivity index (χ1) is 54.0. The van der Waals surface area contributed by atoms with Crippen LogP contribution in [-0.2, 0) is 10.8 Å². The molecular formula is C104H68N2O3. The topological polar surface area (TPSA) is 45.9 Å². The van der Waals surface area contributed by atoms with Gasteiger partial charge in [0.15, 0.2) is 0 Å². The van der Waals surface area contributed by atoms with Crippen molar-refractivity contribution in [2.75, 3.05) is 9.80 Å². The Kier molecular flexibility index (Phi) is 15.0. The van der Waals surface area contributed by atoms with E-state index in [0.717, 1.165) is 111 Å². The van der Waals surface area contributed by atoms with Crippen molar-refractivity contribution >= 4 is 99.9 Å². The van der Waals surface area contributed by atoms with Gasteiger partial charge in [0.2, 0.25) is 0 Å². The molecular weight excluding hydrogens is 1330 g/mol. The van der Waals surface area contributed by atoms with Gasteiger partial charge in [0.1, 0.15) is 33.5 Å². The number of furan rings is 3. The van der Waals surface area contributed by atoms with Crippen molar-refractivity contribution in [1.29, 1.82) is 0 Å². The standard InChI is InChI=1S/C55H35NO2.C49H33NO/c1-3-13-36(14-4-1)37-23-26-40(27-24-37)56(41-29-32-53-48(34-41)45-19-9-12-22-51(45)57-53)42-28-30-46-47-33-39(25-31-52(47)58-54(46)35-42)55(38-15-5-2-6-16-38)49-20-10-7-17-43(49)44-18-8-11-21-50(44)55;1-4-14-36(15-5-1)49(45-22-12-10-20-41(45)42-21-11-13-23-46(42)49)37-27-30-43-44-32-35(26-31-47(44)51-48(43)33-37)34-24-28-40(29-25-34)50(38-16-6-2-7-17-38)39-18-8-3-9-19-39/h1-35H;1-33H. The zero-order valence-electron chi connectivity index (χ0n) is 59.4. The summed E-state index contributed by atoms with van der Waals surface area (Å²) < 4.78 is 19.6. The third-order valence-corrected chi connectivity index (χ3v) is 22.7. The molecule has 5 nitrogen and oxygen atoms in total. The molecule has 0 fully saturated rings. The third kappa shape index (κ3) is 10.2. The largest absolute Gasteiger partial charge is 0.456 e. The molecule has 0 amide bonds. The van der Waals surface area contributed by atoms with Crippen LogP contribution in [0.25, 0.3) is 110 Å². The summed E-state index contributed by atoms with van der Waals surface area (Å²) in [5.74, 6) is 0. The van der Waals surface area contributed by atoms with E-state index in [1.165, 1.54) is 77.9 Å².